The van der Waals surface area contributed by atoms with Crippen molar-refractivity contribution in [2.45, 2.75) is 17.6 Å². The number of carbonyl (C=O) groups excluding carboxylic acids is 1. The van der Waals surface area contributed by atoms with E-state index >= 15 is 0 Å². The zero-order chi connectivity index (χ0) is 17.6. The maximum Gasteiger partial charge on any atom is 0.255 e. The molecule has 3 rings (SSSR count). The van der Waals surface area contributed by atoms with Gasteiger partial charge in [0.2, 0.25) is 0 Å². The first-order valence-corrected chi connectivity index (χ1v) is 9.74. The van der Waals surface area contributed by atoms with Crippen LogP contribution in [0.4, 0.5) is 5.69 Å². The Labute approximate surface area is 160 Å². The van der Waals surface area contributed by atoms with E-state index in [4.69, 9.17) is 0 Å². The molecule has 3 aromatic carbocycles. The number of carbonyl (C=O) groups is 1. The average Bonchev–Trinajstić information content (AvgIpc) is 2.64. The number of amides is 1. The van der Waals surface area contributed by atoms with Gasteiger partial charge in [-0.2, -0.15) is 0 Å². The van der Waals surface area contributed by atoms with Crippen LogP contribution in [0.2, 0.25) is 0 Å². The van der Waals surface area contributed by atoms with Crippen LogP contribution in [0, 0.1) is 6.92 Å². The monoisotopic (exact) mass is 411 g/mol. The Morgan fingerprint density at radius 1 is 1.00 bits per heavy atom. The lowest BCUT2D eigenvalue weighted by molar-refractivity contribution is 0.102. The van der Waals surface area contributed by atoms with E-state index in [0.29, 0.717) is 5.56 Å². The van der Waals surface area contributed by atoms with Crippen LogP contribution in [-0.2, 0) is 5.75 Å². The lowest BCUT2D eigenvalue weighted by Gasteiger charge is -2.08. The lowest BCUT2D eigenvalue weighted by atomic mass is 10.1. The molecule has 0 aromatic heterocycles. The Hall–Kier alpha value is -2.04. The molecule has 25 heavy (non-hydrogen) atoms. The summed E-state index contributed by atoms with van der Waals surface area (Å²) >= 11 is 5.25. The van der Waals surface area contributed by atoms with Crippen LogP contribution < -0.4 is 5.32 Å². The van der Waals surface area contributed by atoms with Crippen LogP contribution in [-0.4, -0.2) is 5.91 Å². The third-order valence-corrected chi connectivity index (χ3v) is 5.75. The highest BCUT2D eigenvalue weighted by molar-refractivity contribution is 9.10. The molecule has 0 unspecified atom stereocenters. The quantitative estimate of drug-likeness (QED) is 0.498. The van der Waals surface area contributed by atoms with Crippen LogP contribution in [0.3, 0.4) is 0 Å². The van der Waals surface area contributed by atoms with Crippen LogP contribution in [0.25, 0.3) is 0 Å². The van der Waals surface area contributed by atoms with Crippen molar-refractivity contribution in [3.05, 3.63) is 94.0 Å². The smallest absolute Gasteiger partial charge is 0.255 e. The van der Waals surface area contributed by atoms with Crippen LogP contribution >= 0.6 is 27.7 Å². The van der Waals surface area contributed by atoms with Crippen molar-refractivity contribution in [1.29, 1.82) is 0 Å². The minimum atomic E-state index is -0.0935. The fourth-order valence-electron chi connectivity index (χ4n) is 2.36. The van der Waals surface area contributed by atoms with Gasteiger partial charge in [0, 0.05) is 26.4 Å². The first-order valence-electron chi connectivity index (χ1n) is 7.96. The van der Waals surface area contributed by atoms with Gasteiger partial charge in [0.05, 0.1) is 0 Å². The molecular weight excluding hydrogens is 394 g/mol. The topological polar surface area (TPSA) is 29.1 Å². The number of aryl methyl sites for hydroxylation is 1. The molecule has 0 radical (unpaired) electrons. The molecule has 0 spiro atoms. The van der Waals surface area contributed by atoms with Crippen molar-refractivity contribution in [2.24, 2.45) is 0 Å². The van der Waals surface area contributed by atoms with Crippen molar-refractivity contribution >= 4 is 39.3 Å². The van der Waals surface area contributed by atoms with Gasteiger partial charge in [0.1, 0.15) is 0 Å². The predicted molar refractivity (Wildman–Crippen MR) is 109 cm³/mol. The van der Waals surface area contributed by atoms with Crippen molar-refractivity contribution < 1.29 is 4.79 Å². The van der Waals surface area contributed by atoms with E-state index in [9.17, 15) is 4.79 Å². The summed E-state index contributed by atoms with van der Waals surface area (Å²) in [6.07, 6.45) is 0. The molecule has 1 amide bonds. The molecule has 1 N–H and O–H groups in total. The zero-order valence-corrected chi connectivity index (χ0v) is 16.2. The molecule has 0 aliphatic rings. The minimum Gasteiger partial charge on any atom is -0.322 e. The summed E-state index contributed by atoms with van der Waals surface area (Å²) in [5.74, 6) is 0.793. The highest BCUT2D eigenvalue weighted by Crippen LogP contribution is 2.23. The Bertz CT molecular complexity index is 863. The minimum absolute atomic E-state index is 0.0935. The summed E-state index contributed by atoms with van der Waals surface area (Å²) in [6, 6.07) is 23.9. The van der Waals surface area contributed by atoms with Gasteiger partial charge in [-0.15, -0.1) is 11.8 Å². The van der Waals surface area contributed by atoms with Crippen LogP contribution in [0.5, 0.6) is 0 Å². The summed E-state index contributed by atoms with van der Waals surface area (Å²) in [6.45, 7) is 2.00. The third kappa shape index (κ3) is 4.97. The fourth-order valence-corrected chi connectivity index (χ4v) is 3.48. The standard InChI is InChI=1S/C21H18BrNOS/c1-15-13-18(11-12-20(15)22)23-21(24)17-9-7-16(8-10-17)14-25-19-5-3-2-4-6-19/h2-13H,14H2,1H3,(H,23,24). The number of benzene rings is 3. The van der Waals surface area contributed by atoms with Crippen LogP contribution in [0.15, 0.2) is 82.2 Å². The summed E-state index contributed by atoms with van der Waals surface area (Å²) < 4.78 is 1.03. The molecule has 0 atom stereocenters. The van der Waals surface area contributed by atoms with E-state index < -0.39 is 0 Å². The van der Waals surface area contributed by atoms with E-state index in [1.807, 2.05) is 67.6 Å². The number of anilines is 1. The second-order valence-corrected chi connectivity index (χ2v) is 7.62. The SMILES string of the molecule is Cc1cc(NC(=O)c2ccc(CSc3ccccc3)cc2)ccc1Br. The summed E-state index contributed by atoms with van der Waals surface area (Å²) in [4.78, 5) is 13.6. The zero-order valence-electron chi connectivity index (χ0n) is 13.8. The predicted octanol–water partition coefficient (Wildman–Crippen LogP) is 6.30. The Kier molecular flexibility index (Phi) is 5.95. The highest BCUT2D eigenvalue weighted by atomic mass is 79.9. The third-order valence-electron chi connectivity index (χ3n) is 3.78. The molecule has 4 heteroatoms. The number of hydrogen-bond acceptors (Lipinski definition) is 2. The number of rotatable bonds is 5. The summed E-state index contributed by atoms with van der Waals surface area (Å²) in [5.41, 5.74) is 3.75. The van der Waals surface area contributed by atoms with E-state index in [1.165, 1.54) is 10.5 Å². The van der Waals surface area contributed by atoms with Crippen molar-refractivity contribution in [3.63, 3.8) is 0 Å². The molecule has 0 fully saturated rings. The van der Waals surface area contributed by atoms with Gasteiger partial charge in [0.15, 0.2) is 0 Å². The number of hydrogen-bond donors (Lipinski definition) is 1. The molecule has 0 saturated heterocycles. The maximum atomic E-state index is 12.4. The summed E-state index contributed by atoms with van der Waals surface area (Å²) in [5, 5.41) is 2.94. The molecule has 0 aliphatic heterocycles. The van der Waals surface area contributed by atoms with Gasteiger partial charge in [-0.1, -0.05) is 46.3 Å². The largest absolute Gasteiger partial charge is 0.322 e. The van der Waals surface area contributed by atoms with Gasteiger partial charge in [-0.3, -0.25) is 4.79 Å². The van der Waals surface area contributed by atoms with E-state index in [1.54, 1.807) is 11.8 Å². The maximum absolute atomic E-state index is 12.4. The Balaban J connectivity index is 1.61. The van der Waals surface area contributed by atoms with E-state index in [0.717, 1.165) is 21.5 Å². The summed E-state index contributed by atoms with van der Waals surface area (Å²) in [7, 11) is 0. The van der Waals surface area contributed by atoms with Gasteiger partial charge >= 0.3 is 0 Å². The fraction of sp³-hybridized carbons (Fsp3) is 0.0952. The molecule has 126 valence electrons. The second-order valence-electron chi connectivity index (χ2n) is 5.72. The van der Waals surface area contributed by atoms with Crippen molar-refractivity contribution in [2.75, 3.05) is 5.32 Å². The first kappa shape index (κ1) is 17.8. The Morgan fingerprint density at radius 2 is 1.72 bits per heavy atom. The highest BCUT2D eigenvalue weighted by Gasteiger charge is 2.07. The van der Waals surface area contributed by atoms with Gasteiger partial charge in [0.25, 0.3) is 5.91 Å². The van der Waals surface area contributed by atoms with Gasteiger partial charge in [-0.05, 0) is 60.5 Å². The van der Waals surface area contributed by atoms with Gasteiger partial charge in [-0.25, -0.2) is 0 Å². The number of thioether (sulfide) groups is 1. The average molecular weight is 412 g/mol. The molecule has 2 nitrogen and oxygen atoms in total. The lowest BCUT2D eigenvalue weighted by Crippen LogP contribution is -2.11. The molecule has 3 aromatic rings. The first-order chi connectivity index (χ1) is 12.1. The number of halogens is 1. The van der Waals surface area contributed by atoms with Crippen molar-refractivity contribution in [3.8, 4) is 0 Å². The molecule has 0 aliphatic carbocycles. The van der Waals surface area contributed by atoms with E-state index in [2.05, 4.69) is 33.4 Å². The Morgan fingerprint density at radius 3 is 2.40 bits per heavy atom. The molecule has 0 heterocycles. The normalized spacial score (nSPS) is 10.5. The van der Waals surface area contributed by atoms with E-state index in [-0.39, 0.29) is 5.91 Å². The molecule has 0 bridgehead atoms. The second kappa shape index (κ2) is 8.37. The molecular formula is C21H18BrNOS. The van der Waals surface area contributed by atoms with Crippen LogP contribution in [0.1, 0.15) is 21.5 Å². The number of nitrogens with one attached hydrogen (secondary N) is 1. The van der Waals surface area contributed by atoms with Crippen molar-refractivity contribution in [1.82, 2.24) is 0 Å². The molecule has 0 saturated carbocycles. The van der Waals surface area contributed by atoms with Gasteiger partial charge < -0.3 is 5.32 Å².